The highest BCUT2D eigenvalue weighted by Crippen LogP contribution is 2.33. The van der Waals surface area contributed by atoms with E-state index in [-0.39, 0.29) is 12.5 Å². The van der Waals surface area contributed by atoms with Crippen molar-refractivity contribution in [2.75, 3.05) is 32.6 Å². The molecule has 0 spiro atoms. The number of carbonyl (C=O) groups is 1. The number of ether oxygens (including phenoxy) is 1. The van der Waals surface area contributed by atoms with Crippen LogP contribution in [0.3, 0.4) is 0 Å². The normalized spacial score (nSPS) is 18.2. The molecule has 1 amide bonds. The Bertz CT molecular complexity index is 850. The molecule has 1 N–H and O–H groups in total. The number of halogens is 4. The first kappa shape index (κ1) is 20.0. The number of anilines is 1. The van der Waals surface area contributed by atoms with E-state index >= 15 is 0 Å². The summed E-state index contributed by atoms with van der Waals surface area (Å²) < 4.78 is 56.0. The summed E-state index contributed by atoms with van der Waals surface area (Å²) in [6, 6.07) is 1.18. The van der Waals surface area contributed by atoms with Crippen LogP contribution in [0.1, 0.15) is 22.8 Å². The molecule has 0 aliphatic carbocycles. The Morgan fingerprint density at radius 3 is 2.68 bits per heavy atom. The first-order valence-corrected chi connectivity index (χ1v) is 8.60. The molecule has 0 bridgehead atoms. The SMILES string of the molecule is CNc1nccc2c1CN(C(C)C1=CC(F)=C(OCC(F)(F)F)N(C)C1)C2=O. The Hall–Kier alpha value is -2.78. The highest BCUT2D eigenvalue weighted by atomic mass is 19.4. The van der Waals surface area contributed by atoms with E-state index < -0.39 is 30.5 Å². The number of fused-ring (bicyclic) bond motifs is 1. The van der Waals surface area contributed by atoms with Crippen LogP contribution in [0, 0.1) is 0 Å². The second-order valence-electron chi connectivity index (χ2n) is 6.68. The van der Waals surface area contributed by atoms with Crippen molar-refractivity contribution in [3.05, 3.63) is 46.7 Å². The summed E-state index contributed by atoms with van der Waals surface area (Å²) >= 11 is 0. The van der Waals surface area contributed by atoms with Gasteiger partial charge in [-0.3, -0.25) is 4.79 Å². The lowest BCUT2D eigenvalue weighted by molar-refractivity contribution is -0.170. The number of carbonyl (C=O) groups excluding carboxylic acids is 1. The fraction of sp³-hybridized carbons (Fsp3) is 0.444. The second-order valence-corrected chi connectivity index (χ2v) is 6.68. The molecule has 0 fully saturated rings. The molecule has 0 aromatic carbocycles. The number of alkyl halides is 3. The Balaban J connectivity index is 1.81. The summed E-state index contributed by atoms with van der Waals surface area (Å²) in [6.45, 7) is 0.630. The van der Waals surface area contributed by atoms with Crippen LogP contribution < -0.4 is 5.32 Å². The van der Waals surface area contributed by atoms with Gasteiger partial charge in [-0.05, 0) is 24.6 Å². The van der Waals surface area contributed by atoms with E-state index in [9.17, 15) is 22.4 Å². The molecule has 1 unspecified atom stereocenters. The van der Waals surface area contributed by atoms with Crippen LogP contribution in [0.5, 0.6) is 0 Å². The number of aromatic nitrogens is 1. The minimum absolute atomic E-state index is 0.138. The molecule has 1 atom stereocenters. The maximum Gasteiger partial charge on any atom is 0.422 e. The Kier molecular flexibility index (Phi) is 5.22. The molecule has 10 heteroatoms. The second kappa shape index (κ2) is 7.33. The first-order chi connectivity index (χ1) is 13.1. The number of pyridine rings is 1. The van der Waals surface area contributed by atoms with Crippen molar-refractivity contribution in [1.82, 2.24) is 14.8 Å². The van der Waals surface area contributed by atoms with Crippen molar-refractivity contribution in [1.29, 1.82) is 0 Å². The zero-order valence-corrected chi connectivity index (χ0v) is 15.6. The van der Waals surface area contributed by atoms with E-state index in [0.717, 1.165) is 11.6 Å². The van der Waals surface area contributed by atoms with E-state index in [1.54, 1.807) is 24.9 Å². The molecule has 0 saturated carbocycles. The predicted molar refractivity (Wildman–Crippen MR) is 94.0 cm³/mol. The summed E-state index contributed by atoms with van der Waals surface area (Å²) in [7, 11) is 3.15. The molecule has 3 heterocycles. The lowest BCUT2D eigenvalue weighted by Crippen LogP contribution is -2.39. The molecular weight excluding hydrogens is 380 g/mol. The van der Waals surface area contributed by atoms with Gasteiger partial charge in [-0.25, -0.2) is 9.37 Å². The number of nitrogens with one attached hydrogen (secondary N) is 1. The monoisotopic (exact) mass is 400 g/mol. The molecule has 1 aromatic rings. The summed E-state index contributed by atoms with van der Waals surface area (Å²) in [5.74, 6) is -0.967. The maximum atomic E-state index is 14.4. The fourth-order valence-corrected chi connectivity index (χ4v) is 3.36. The molecule has 6 nitrogen and oxygen atoms in total. The maximum absolute atomic E-state index is 14.4. The molecule has 0 saturated heterocycles. The number of hydrogen-bond donors (Lipinski definition) is 1. The zero-order chi connectivity index (χ0) is 20.6. The number of amides is 1. The summed E-state index contributed by atoms with van der Waals surface area (Å²) in [5, 5.41) is 2.94. The van der Waals surface area contributed by atoms with Crippen LogP contribution in [-0.2, 0) is 11.3 Å². The van der Waals surface area contributed by atoms with Gasteiger partial charge in [0.15, 0.2) is 12.4 Å². The van der Waals surface area contributed by atoms with Gasteiger partial charge in [0.25, 0.3) is 5.91 Å². The Morgan fingerprint density at radius 1 is 1.36 bits per heavy atom. The van der Waals surface area contributed by atoms with Gasteiger partial charge in [-0.1, -0.05) is 0 Å². The predicted octanol–water partition coefficient (Wildman–Crippen LogP) is 3.06. The molecule has 1 aromatic heterocycles. The minimum atomic E-state index is -4.56. The minimum Gasteiger partial charge on any atom is -0.467 e. The standard InChI is InChI=1S/C18H20F4N4O2/c1-10(26-8-13-12(16(26)27)4-5-24-15(13)23-2)11-6-14(19)17(25(3)7-11)28-9-18(20,21)22/h4-6,10H,7-9H2,1-3H3,(H,23,24). The molecule has 152 valence electrons. The van der Waals surface area contributed by atoms with Crippen LogP contribution in [0.4, 0.5) is 23.4 Å². The van der Waals surface area contributed by atoms with E-state index in [2.05, 4.69) is 15.0 Å². The number of allylic oxidation sites excluding steroid dienone is 2. The average molecular weight is 400 g/mol. The van der Waals surface area contributed by atoms with Crippen LogP contribution in [0.25, 0.3) is 0 Å². The van der Waals surface area contributed by atoms with E-state index in [1.165, 1.54) is 18.1 Å². The van der Waals surface area contributed by atoms with Crippen LogP contribution in [-0.4, -0.2) is 60.2 Å². The quantitative estimate of drug-likeness (QED) is 0.770. The van der Waals surface area contributed by atoms with Gasteiger partial charge < -0.3 is 19.9 Å². The van der Waals surface area contributed by atoms with Gasteiger partial charge in [0.1, 0.15) is 5.82 Å². The van der Waals surface area contributed by atoms with Crippen molar-refractivity contribution in [3.8, 4) is 0 Å². The zero-order valence-electron chi connectivity index (χ0n) is 15.6. The van der Waals surface area contributed by atoms with Crippen molar-refractivity contribution in [2.45, 2.75) is 25.7 Å². The molecular formula is C18H20F4N4O2. The van der Waals surface area contributed by atoms with Gasteiger partial charge in [-0.15, -0.1) is 0 Å². The smallest absolute Gasteiger partial charge is 0.422 e. The number of hydrogen-bond acceptors (Lipinski definition) is 5. The van der Waals surface area contributed by atoms with Crippen molar-refractivity contribution < 1.29 is 27.1 Å². The molecule has 28 heavy (non-hydrogen) atoms. The summed E-state index contributed by atoms with van der Waals surface area (Å²) in [5.41, 5.74) is 1.84. The third kappa shape index (κ3) is 3.76. The number of nitrogens with zero attached hydrogens (tertiary/aromatic N) is 3. The Morgan fingerprint density at radius 2 is 2.07 bits per heavy atom. The lowest BCUT2D eigenvalue weighted by atomic mass is 10.0. The largest absolute Gasteiger partial charge is 0.467 e. The van der Waals surface area contributed by atoms with Gasteiger partial charge in [-0.2, -0.15) is 13.2 Å². The molecule has 3 rings (SSSR count). The fourth-order valence-electron chi connectivity index (χ4n) is 3.36. The van der Waals surface area contributed by atoms with Crippen molar-refractivity contribution >= 4 is 11.7 Å². The van der Waals surface area contributed by atoms with Gasteiger partial charge in [0.05, 0.1) is 12.6 Å². The van der Waals surface area contributed by atoms with Crippen LogP contribution >= 0.6 is 0 Å². The summed E-state index contributed by atoms with van der Waals surface area (Å²) in [6.07, 6.45) is -1.88. The van der Waals surface area contributed by atoms with Gasteiger partial charge >= 0.3 is 6.18 Å². The van der Waals surface area contributed by atoms with E-state index in [4.69, 9.17) is 0 Å². The van der Waals surface area contributed by atoms with E-state index in [0.29, 0.717) is 23.5 Å². The average Bonchev–Trinajstić information content (AvgIpc) is 2.96. The Labute approximate surface area is 159 Å². The summed E-state index contributed by atoms with van der Waals surface area (Å²) in [4.78, 5) is 19.8. The van der Waals surface area contributed by atoms with Crippen molar-refractivity contribution in [3.63, 3.8) is 0 Å². The van der Waals surface area contributed by atoms with E-state index in [1.807, 2.05) is 0 Å². The molecule has 0 radical (unpaired) electrons. The third-order valence-electron chi connectivity index (χ3n) is 4.77. The van der Waals surface area contributed by atoms with Gasteiger partial charge in [0, 0.05) is 38.0 Å². The number of likely N-dealkylation sites (N-methyl/N-ethyl adjacent to an activating group) is 1. The number of rotatable bonds is 5. The highest BCUT2D eigenvalue weighted by molar-refractivity contribution is 6.00. The highest BCUT2D eigenvalue weighted by Gasteiger charge is 2.36. The van der Waals surface area contributed by atoms with Crippen LogP contribution in [0.15, 0.2) is 35.6 Å². The third-order valence-corrected chi connectivity index (χ3v) is 4.77. The topological polar surface area (TPSA) is 57.7 Å². The molecule has 2 aliphatic rings. The lowest BCUT2D eigenvalue weighted by Gasteiger charge is -2.33. The van der Waals surface area contributed by atoms with Gasteiger partial charge in [0.2, 0.25) is 5.88 Å². The van der Waals surface area contributed by atoms with Crippen molar-refractivity contribution in [2.24, 2.45) is 0 Å². The molecule has 2 aliphatic heterocycles. The van der Waals surface area contributed by atoms with Crippen LogP contribution in [0.2, 0.25) is 0 Å². The first-order valence-electron chi connectivity index (χ1n) is 8.60.